The van der Waals surface area contributed by atoms with Gasteiger partial charge in [0, 0.05) is 12.6 Å². The van der Waals surface area contributed by atoms with Crippen LogP contribution in [0.5, 0.6) is 0 Å². The van der Waals surface area contributed by atoms with E-state index in [1.54, 1.807) is 6.92 Å². The molecule has 24 heavy (non-hydrogen) atoms. The molecule has 1 fully saturated rings. The summed E-state index contributed by atoms with van der Waals surface area (Å²) in [6.45, 7) is 4.26. The number of thiophene rings is 1. The summed E-state index contributed by atoms with van der Waals surface area (Å²) in [4.78, 5) is 16.1. The second-order valence-electron chi connectivity index (χ2n) is 6.31. The number of aromatic nitrogens is 1. The fourth-order valence-electron chi connectivity index (χ4n) is 3.48. The summed E-state index contributed by atoms with van der Waals surface area (Å²) in [7, 11) is 0. The van der Waals surface area contributed by atoms with Crippen LogP contribution in [0.15, 0.2) is 22.0 Å². The van der Waals surface area contributed by atoms with Gasteiger partial charge in [0.2, 0.25) is 0 Å². The monoisotopic (exact) mass is 348 g/mol. The maximum Gasteiger partial charge on any atom is 0.260 e. The molecular weight excluding hydrogens is 324 g/mol. The van der Waals surface area contributed by atoms with E-state index < -0.39 is 6.10 Å². The van der Waals surface area contributed by atoms with Gasteiger partial charge in [0.15, 0.2) is 5.76 Å². The van der Waals surface area contributed by atoms with Gasteiger partial charge in [-0.1, -0.05) is 30.5 Å². The Hall–Kier alpha value is -1.66. The molecule has 1 amide bonds. The first-order chi connectivity index (χ1) is 11.6. The molecule has 0 spiro atoms. The lowest BCUT2D eigenvalue weighted by Crippen LogP contribution is -2.41. The lowest BCUT2D eigenvalue weighted by molar-refractivity contribution is 0.0637. The highest BCUT2D eigenvalue weighted by atomic mass is 32.1. The molecule has 0 bridgehead atoms. The Balaban J connectivity index is 1.99. The summed E-state index contributed by atoms with van der Waals surface area (Å²) in [5.74, 6) is 0.183. The molecule has 5 nitrogen and oxygen atoms in total. The number of aliphatic hydroxyl groups is 1. The fourth-order valence-corrected chi connectivity index (χ4v) is 4.19. The van der Waals surface area contributed by atoms with Gasteiger partial charge in [-0.25, -0.2) is 0 Å². The summed E-state index contributed by atoms with van der Waals surface area (Å²) in [5, 5.41) is 16.1. The van der Waals surface area contributed by atoms with Crippen molar-refractivity contribution in [2.24, 2.45) is 0 Å². The Labute approximate surface area is 146 Å². The molecule has 0 unspecified atom stereocenters. The first-order valence-corrected chi connectivity index (χ1v) is 9.54. The first-order valence-electron chi connectivity index (χ1n) is 8.66. The van der Waals surface area contributed by atoms with Crippen LogP contribution in [-0.4, -0.2) is 33.7 Å². The number of hydrogen-bond acceptors (Lipinski definition) is 5. The van der Waals surface area contributed by atoms with Gasteiger partial charge in [-0.3, -0.25) is 4.79 Å². The minimum atomic E-state index is -0.866. The second kappa shape index (κ2) is 7.49. The van der Waals surface area contributed by atoms with Gasteiger partial charge in [0.25, 0.3) is 5.91 Å². The quantitative estimate of drug-likeness (QED) is 0.877. The molecule has 1 N–H and O–H groups in total. The van der Waals surface area contributed by atoms with E-state index >= 15 is 0 Å². The molecule has 1 saturated carbocycles. The molecule has 1 atom stereocenters. The van der Waals surface area contributed by atoms with Crippen LogP contribution in [0, 0.1) is 0 Å². The number of hydrogen-bond donors (Lipinski definition) is 1. The SMILES string of the molecule is CCN(C(=O)c1c(-c2cccs2)noc1[C@H](C)O)C1CCCCC1. The van der Waals surface area contributed by atoms with Gasteiger partial charge in [-0.15, -0.1) is 11.3 Å². The van der Waals surface area contributed by atoms with Gasteiger partial charge in [0.1, 0.15) is 17.4 Å². The number of aliphatic hydroxyl groups excluding tert-OH is 1. The van der Waals surface area contributed by atoms with Gasteiger partial charge < -0.3 is 14.5 Å². The Bertz CT molecular complexity index is 673. The van der Waals surface area contributed by atoms with Crippen LogP contribution in [0.2, 0.25) is 0 Å². The zero-order valence-corrected chi connectivity index (χ0v) is 15.0. The average Bonchev–Trinajstić information content (AvgIpc) is 3.25. The molecule has 3 rings (SSSR count). The van der Waals surface area contributed by atoms with Crippen molar-refractivity contribution >= 4 is 17.2 Å². The summed E-state index contributed by atoms with van der Waals surface area (Å²) in [6, 6.07) is 4.11. The summed E-state index contributed by atoms with van der Waals surface area (Å²) in [6.07, 6.45) is 4.80. The average molecular weight is 348 g/mol. The van der Waals surface area contributed by atoms with Crippen LogP contribution < -0.4 is 0 Å². The van der Waals surface area contributed by atoms with Crippen LogP contribution >= 0.6 is 11.3 Å². The molecule has 2 heterocycles. The molecule has 0 saturated heterocycles. The van der Waals surface area contributed by atoms with Crippen molar-refractivity contribution < 1.29 is 14.4 Å². The van der Waals surface area contributed by atoms with Crippen molar-refractivity contribution in [3.05, 3.63) is 28.8 Å². The lowest BCUT2D eigenvalue weighted by Gasteiger charge is -2.33. The summed E-state index contributed by atoms with van der Waals surface area (Å²) < 4.78 is 5.34. The lowest BCUT2D eigenvalue weighted by atomic mass is 9.93. The third-order valence-electron chi connectivity index (χ3n) is 4.68. The number of carbonyl (C=O) groups is 1. The predicted octanol–water partition coefficient (Wildman–Crippen LogP) is 4.25. The minimum Gasteiger partial charge on any atom is -0.385 e. The van der Waals surface area contributed by atoms with Crippen molar-refractivity contribution in [1.82, 2.24) is 10.1 Å². The van der Waals surface area contributed by atoms with Gasteiger partial charge >= 0.3 is 0 Å². The second-order valence-corrected chi connectivity index (χ2v) is 7.25. The maximum atomic E-state index is 13.3. The number of nitrogens with zero attached hydrogens (tertiary/aromatic N) is 2. The smallest absolute Gasteiger partial charge is 0.260 e. The van der Waals surface area contributed by atoms with E-state index in [1.807, 2.05) is 29.3 Å². The minimum absolute atomic E-state index is 0.0788. The zero-order chi connectivity index (χ0) is 17.1. The fraction of sp³-hybridized carbons (Fsp3) is 0.556. The first kappa shape index (κ1) is 17.2. The van der Waals surface area contributed by atoms with E-state index in [1.165, 1.54) is 30.6 Å². The Morgan fingerprint density at radius 3 is 2.79 bits per heavy atom. The van der Waals surface area contributed by atoms with Gasteiger partial charge in [-0.2, -0.15) is 0 Å². The number of carbonyl (C=O) groups excluding carboxylic acids is 1. The number of rotatable bonds is 5. The molecule has 2 aromatic heterocycles. The highest BCUT2D eigenvalue weighted by molar-refractivity contribution is 7.13. The largest absolute Gasteiger partial charge is 0.385 e. The Kier molecular flexibility index (Phi) is 5.36. The highest BCUT2D eigenvalue weighted by Gasteiger charge is 2.33. The van der Waals surface area contributed by atoms with Crippen LogP contribution in [0.25, 0.3) is 10.6 Å². The van der Waals surface area contributed by atoms with Crippen LogP contribution in [-0.2, 0) is 0 Å². The molecule has 1 aliphatic rings. The summed E-state index contributed by atoms with van der Waals surface area (Å²) >= 11 is 1.51. The van der Waals surface area contributed by atoms with Crippen molar-refractivity contribution in [2.75, 3.05) is 6.54 Å². The summed E-state index contributed by atoms with van der Waals surface area (Å²) in [5.41, 5.74) is 0.958. The van der Waals surface area contributed by atoms with E-state index in [-0.39, 0.29) is 17.7 Å². The molecule has 0 aliphatic heterocycles. The van der Waals surface area contributed by atoms with Gasteiger partial charge in [0.05, 0.1) is 4.88 Å². The van der Waals surface area contributed by atoms with E-state index in [4.69, 9.17) is 4.52 Å². The van der Waals surface area contributed by atoms with Crippen molar-refractivity contribution in [3.63, 3.8) is 0 Å². The van der Waals surface area contributed by atoms with E-state index in [2.05, 4.69) is 5.16 Å². The number of amides is 1. The van der Waals surface area contributed by atoms with E-state index in [0.29, 0.717) is 17.8 Å². The molecule has 0 radical (unpaired) electrons. The third kappa shape index (κ3) is 3.26. The van der Waals surface area contributed by atoms with E-state index in [0.717, 1.165) is 17.7 Å². The molecule has 130 valence electrons. The molecule has 0 aromatic carbocycles. The van der Waals surface area contributed by atoms with Crippen LogP contribution in [0.3, 0.4) is 0 Å². The van der Waals surface area contributed by atoms with E-state index in [9.17, 15) is 9.90 Å². The maximum absolute atomic E-state index is 13.3. The van der Waals surface area contributed by atoms with Crippen molar-refractivity contribution in [3.8, 4) is 10.6 Å². The Morgan fingerprint density at radius 1 is 1.46 bits per heavy atom. The normalized spacial score (nSPS) is 17.0. The molecule has 2 aromatic rings. The zero-order valence-electron chi connectivity index (χ0n) is 14.2. The molecule has 1 aliphatic carbocycles. The van der Waals surface area contributed by atoms with Gasteiger partial charge in [-0.05, 0) is 38.1 Å². The standard InChI is InChI=1S/C18H24N2O3S/c1-3-20(13-8-5-4-6-9-13)18(22)15-16(14-10-7-11-24-14)19-23-17(15)12(2)21/h7,10-13,21H,3-6,8-9H2,1-2H3/t12-/m0/s1. The van der Waals surface area contributed by atoms with Crippen LogP contribution in [0.1, 0.15) is 68.2 Å². The highest BCUT2D eigenvalue weighted by Crippen LogP contribution is 2.34. The van der Waals surface area contributed by atoms with Crippen LogP contribution in [0.4, 0.5) is 0 Å². The molecule has 6 heteroatoms. The third-order valence-corrected chi connectivity index (χ3v) is 5.56. The predicted molar refractivity (Wildman–Crippen MR) is 94.0 cm³/mol. The van der Waals surface area contributed by atoms with Crippen molar-refractivity contribution in [1.29, 1.82) is 0 Å². The topological polar surface area (TPSA) is 66.6 Å². The molecular formula is C18H24N2O3S. The Morgan fingerprint density at radius 2 is 2.21 bits per heavy atom. The van der Waals surface area contributed by atoms with Crippen molar-refractivity contribution in [2.45, 2.75) is 58.1 Å².